The zero-order chi connectivity index (χ0) is 13.8. The highest BCUT2D eigenvalue weighted by Gasteiger charge is 2.14. The van der Waals surface area contributed by atoms with Crippen molar-refractivity contribution < 1.29 is 4.39 Å². The van der Waals surface area contributed by atoms with Gasteiger partial charge in [-0.15, -0.1) is 0 Å². The fraction of sp³-hybridized carbons (Fsp3) is 0.250. The molecule has 0 aliphatic carbocycles. The monoisotopic (exact) mass is 277 g/mol. The van der Waals surface area contributed by atoms with Gasteiger partial charge < -0.3 is 5.32 Å². The summed E-state index contributed by atoms with van der Waals surface area (Å²) in [7, 11) is 1.91. The van der Waals surface area contributed by atoms with Crippen LogP contribution in [0, 0.1) is 12.7 Å². The van der Waals surface area contributed by atoms with Crippen molar-refractivity contribution in [2.24, 2.45) is 0 Å². The van der Waals surface area contributed by atoms with Crippen molar-refractivity contribution in [2.45, 2.75) is 19.4 Å². The molecule has 1 nitrogen and oxygen atoms in total. The Bertz CT molecular complexity index is 568. The minimum absolute atomic E-state index is 0.125. The summed E-state index contributed by atoms with van der Waals surface area (Å²) in [5, 5.41) is 3.88. The van der Waals surface area contributed by atoms with Crippen LogP contribution in [0.15, 0.2) is 42.5 Å². The van der Waals surface area contributed by atoms with Crippen LogP contribution in [0.25, 0.3) is 0 Å². The number of benzene rings is 2. The Hall–Kier alpha value is -1.38. The van der Waals surface area contributed by atoms with Crippen molar-refractivity contribution in [3.63, 3.8) is 0 Å². The van der Waals surface area contributed by atoms with Crippen LogP contribution in [0.3, 0.4) is 0 Å². The molecule has 1 N–H and O–H groups in total. The Morgan fingerprint density at radius 1 is 1.21 bits per heavy atom. The highest BCUT2D eigenvalue weighted by molar-refractivity contribution is 6.31. The highest BCUT2D eigenvalue weighted by Crippen LogP contribution is 2.25. The van der Waals surface area contributed by atoms with Gasteiger partial charge in [0.05, 0.1) is 0 Å². The summed E-state index contributed by atoms with van der Waals surface area (Å²) >= 11 is 6.13. The van der Waals surface area contributed by atoms with Gasteiger partial charge in [-0.25, -0.2) is 4.39 Å². The Kier molecular flexibility index (Phi) is 4.56. The van der Waals surface area contributed by atoms with Crippen LogP contribution >= 0.6 is 11.6 Å². The molecule has 0 saturated carbocycles. The first-order valence-corrected chi connectivity index (χ1v) is 6.66. The molecule has 0 aromatic heterocycles. The first-order valence-electron chi connectivity index (χ1n) is 6.28. The van der Waals surface area contributed by atoms with Gasteiger partial charge in [0, 0.05) is 11.1 Å². The third-order valence-corrected chi connectivity index (χ3v) is 3.71. The molecular weight excluding hydrogens is 261 g/mol. The lowest BCUT2D eigenvalue weighted by Crippen LogP contribution is -2.20. The Labute approximate surface area is 118 Å². The van der Waals surface area contributed by atoms with Crippen LogP contribution in [0.2, 0.25) is 5.02 Å². The predicted molar refractivity (Wildman–Crippen MR) is 78.1 cm³/mol. The summed E-state index contributed by atoms with van der Waals surface area (Å²) in [5.41, 5.74) is 3.25. The van der Waals surface area contributed by atoms with Crippen LogP contribution in [-0.2, 0) is 6.42 Å². The molecule has 0 heterocycles. The van der Waals surface area contributed by atoms with E-state index >= 15 is 0 Å². The average molecular weight is 278 g/mol. The Morgan fingerprint density at radius 2 is 1.95 bits per heavy atom. The van der Waals surface area contributed by atoms with Crippen molar-refractivity contribution in [2.75, 3.05) is 7.05 Å². The predicted octanol–water partition coefficient (Wildman–Crippen LogP) is 4.29. The number of rotatable bonds is 4. The fourth-order valence-corrected chi connectivity index (χ4v) is 2.46. The van der Waals surface area contributed by atoms with E-state index in [9.17, 15) is 4.39 Å². The van der Waals surface area contributed by atoms with Crippen LogP contribution in [0.4, 0.5) is 4.39 Å². The molecule has 2 aromatic carbocycles. The molecule has 1 atom stereocenters. The Morgan fingerprint density at radius 3 is 2.63 bits per heavy atom. The average Bonchev–Trinajstić information content (AvgIpc) is 2.41. The van der Waals surface area contributed by atoms with Crippen molar-refractivity contribution in [1.82, 2.24) is 5.32 Å². The summed E-state index contributed by atoms with van der Waals surface area (Å²) in [6, 6.07) is 12.8. The molecular formula is C16H17ClFN. The molecule has 0 bridgehead atoms. The molecule has 0 fully saturated rings. The molecule has 100 valence electrons. The lowest BCUT2D eigenvalue weighted by Gasteiger charge is -2.19. The molecule has 0 aliphatic rings. The van der Waals surface area contributed by atoms with Gasteiger partial charge in [0.15, 0.2) is 0 Å². The molecule has 2 rings (SSSR count). The first kappa shape index (κ1) is 14.0. The normalized spacial score (nSPS) is 12.4. The van der Waals surface area contributed by atoms with E-state index in [4.69, 9.17) is 11.6 Å². The summed E-state index contributed by atoms with van der Waals surface area (Å²) < 4.78 is 13.3. The van der Waals surface area contributed by atoms with Gasteiger partial charge in [-0.3, -0.25) is 0 Å². The second-order valence-electron chi connectivity index (χ2n) is 4.64. The zero-order valence-corrected chi connectivity index (χ0v) is 11.8. The molecule has 0 spiro atoms. The van der Waals surface area contributed by atoms with Gasteiger partial charge in [-0.2, -0.15) is 0 Å². The second kappa shape index (κ2) is 6.18. The quantitative estimate of drug-likeness (QED) is 0.879. The minimum atomic E-state index is -0.251. The zero-order valence-electron chi connectivity index (χ0n) is 11.1. The summed E-state index contributed by atoms with van der Waals surface area (Å²) in [4.78, 5) is 0. The van der Waals surface area contributed by atoms with E-state index in [1.165, 1.54) is 23.3 Å². The fourth-order valence-electron chi connectivity index (χ4n) is 2.26. The molecule has 3 heteroatoms. The number of hydrogen-bond donors (Lipinski definition) is 1. The minimum Gasteiger partial charge on any atom is -0.313 e. The maximum atomic E-state index is 13.3. The van der Waals surface area contributed by atoms with Gasteiger partial charge in [-0.05, 0) is 55.3 Å². The molecule has 0 radical (unpaired) electrons. The van der Waals surface area contributed by atoms with Gasteiger partial charge in [0.1, 0.15) is 5.82 Å². The van der Waals surface area contributed by atoms with Crippen LogP contribution in [0.5, 0.6) is 0 Å². The molecule has 2 aromatic rings. The number of halogens is 2. The number of hydrogen-bond acceptors (Lipinski definition) is 1. The smallest absolute Gasteiger partial charge is 0.123 e. The number of likely N-dealkylation sites (N-methyl/N-ethyl adjacent to an activating group) is 1. The van der Waals surface area contributed by atoms with Gasteiger partial charge in [-0.1, -0.05) is 35.9 Å². The molecule has 0 saturated heterocycles. The standard InChI is InChI=1S/C16H17ClFN/c1-11-5-3-4-6-14(11)16(19-2)10-12-9-13(18)7-8-15(12)17/h3-9,16,19H,10H2,1-2H3. The van der Waals surface area contributed by atoms with Crippen LogP contribution in [-0.4, -0.2) is 7.05 Å². The van der Waals surface area contributed by atoms with Crippen molar-refractivity contribution in [3.05, 3.63) is 70.0 Å². The maximum absolute atomic E-state index is 13.3. The van der Waals surface area contributed by atoms with E-state index in [0.29, 0.717) is 11.4 Å². The molecule has 19 heavy (non-hydrogen) atoms. The Balaban J connectivity index is 2.29. The SMILES string of the molecule is CNC(Cc1cc(F)ccc1Cl)c1ccccc1C. The summed E-state index contributed by atoms with van der Waals surface area (Å²) in [5.74, 6) is -0.251. The van der Waals surface area contributed by atoms with E-state index in [1.54, 1.807) is 6.07 Å². The maximum Gasteiger partial charge on any atom is 0.123 e. The second-order valence-corrected chi connectivity index (χ2v) is 5.04. The highest BCUT2D eigenvalue weighted by atomic mass is 35.5. The third-order valence-electron chi connectivity index (χ3n) is 3.34. The summed E-state index contributed by atoms with van der Waals surface area (Å²) in [6.07, 6.45) is 0.665. The van der Waals surface area contributed by atoms with Crippen molar-refractivity contribution >= 4 is 11.6 Å². The number of aryl methyl sites for hydroxylation is 1. The van der Waals surface area contributed by atoms with E-state index in [1.807, 2.05) is 19.2 Å². The number of nitrogens with one attached hydrogen (secondary N) is 1. The van der Waals surface area contributed by atoms with E-state index < -0.39 is 0 Å². The van der Waals surface area contributed by atoms with Crippen molar-refractivity contribution in [3.8, 4) is 0 Å². The molecule has 0 aliphatic heterocycles. The first-order chi connectivity index (χ1) is 9.11. The van der Waals surface area contributed by atoms with E-state index in [0.717, 1.165) is 5.56 Å². The van der Waals surface area contributed by atoms with E-state index in [-0.39, 0.29) is 11.9 Å². The lowest BCUT2D eigenvalue weighted by atomic mass is 9.95. The van der Waals surface area contributed by atoms with Gasteiger partial charge in [0.25, 0.3) is 0 Å². The van der Waals surface area contributed by atoms with Gasteiger partial charge in [0.2, 0.25) is 0 Å². The summed E-state index contributed by atoms with van der Waals surface area (Å²) in [6.45, 7) is 2.08. The molecule has 1 unspecified atom stereocenters. The lowest BCUT2D eigenvalue weighted by molar-refractivity contribution is 0.582. The topological polar surface area (TPSA) is 12.0 Å². The largest absolute Gasteiger partial charge is 0.313 e. The van der Waals surface area contributed by atoms with Crippen LogP contribution in [0.1, 0.15) is 22.7 Å². The van der Waals surface area contributed by atoms with E-state index in [2.05, 4.69) is 24.4 Å². The molecule has 0 amide bonds. The van der Waals surface area contributed by atoms with Crippen molar-refractivity contribution in [1.29, 1.82) is 0 Å². The third kappa shape index (κ3) is 3.34. The van der Waals surface area contributed by atoms with Crippen LogP contribution < -0.4 is 5.32 Å². The van der Waals surface area contributed by atoms with Gasteiger partial charge >= 0.3 is 0 Å².